The summed E-state index contributed by atoms with van der Waals surface area (Å²) < 4.78 is 0. The van der Waals surface area contributed by atoms with Gasteiger partial charge in [0.25, 0.3) is 0 Å². The number of nitrogens with zero attached hydrogens (tertiary/aromatic N) is 1. The number of aliphatic carboxylic acids is 1. The maximum absolute atomic E-state index is 11.1. The van der Waals surface area contributed by atoms with Crippen molar-refractivity contribution in [1.82, 2.24) is 4.90 Å². The molecule has 0 aromatic heterocycles. The molecule has 0 saturated carbocycles. The van der Waals surface area contributed by atoms with Gasteiger partial charge in [0, 0.05) is 12.5 Å². The summed E-state index contributed by atoms with van der Waals surface area (Å²) in [5, 5.41) is 11.1. The maximum Gasteiger partial charge on any atom is 1.00 e. The largest absolute Gasteiger partial charge is 1.00 e. The summed E-state index contributed by atoms with van der Waals surface area (Å²) in [6.07, 6.45) is 59.6. The van der Waals surface area contributed by atoms with Gasteiger partial charge in [-0.15, -0.1) is 0 Å². The second kappa shape index (κ2) is 50.0. The first-order valence-electron chi connectivity index (χ1n) is 24.6. The van der Waals surface area contributed by atoms with Gasteiger partial charge in [0.15, 0.2) is 0 Å². The summed E-state index contributed by atoms with van der Waals surface area (Å²) in [5.41, 5.74) is 0. The van der Waals surface area contributed by atoms with Crippen LogP contribution in [0.15, 0.2) is 0 Å². The van der Waals surface area contributed by atoms with Gasteiger partial charge in [-0.1, -0.05) is 271 Å². The molecule has 53 heavy (non-hydrogen) atoms. The summed E-state index contributed by atoms with van der Waals surface area (Å²) in [7, 11) is 0. The van der Waals surface area contributed by atoms with Gasteiger partial charge in [-0.25, -0.2) is 0 Å². The third-order valence-corrected chi connectivity index (χ3v) is 11.8. The average molecular weight is 740 g/mol. The van der Waals surface area contributed by atoms with Crippen LogP contribution in [-0.4, -0.2) is 30.5 Å². The predicted octanol–water partition coefficient (Wildman–Crippen LogP) is 12.9. The molecule has 0 aliphatic heterocycles. The number of hydrogen-bond acceptors (Lipinski definition) is 3. The van der Waals surface area contributed by atoms with E-state index in [0.717, 1.165) is 13.1 Å². The van der Waals surface area contributed by atoms with Crippen molar-refractivity contribution in [3.05, 3.63) is 0 Å². The van der Waals surface area contributed by atoms with Crippen molar-refractivity contribution in [1.29, 1.82) is 0 Å². The Morgan fingerprint density at radius 2 is 0.472 bits per heavy atom. The van der Waals surface area contributed by atoms with Gasteiger partial charge in [-0.2, -0.15) is 0 Å². The fourth-order valence-electron chi connectivity index (χ4n) is 8.12. The normalized spacial score (nSPS) is 11.5. The molecule has 4 heteroatoms. The van der Waals surface area contributed by atoms with Crippen molar-refractivity contribution >= 4 is 5.97 Å². The van der Waals surface area contributed by atoms with E-state index in [-0.39, 0.29) is 25.3 Å². The topological polar surface area (TPSA) is 43.4 Å². The van der Waals surface area contributed by atoms with Crippen LogP contribution in [0.3, 0.4) is 0 Å². The summed E-state index contributed by atoms with van der Waals surface area (Å²) >= 11 is 0. The molecule has 0 saturated heterocycles. The van der Waals surface area contributed by atoms with Crippen LogP contribution in [0.2, 0.25) is 0 Å². The summed E-state index contributed by atoms with van der Waals surface area (Å²) in [6, 6.07) is 0. The number of carbonyl (C=O) groups is 1. The fourth-order valence-corrected chi connectivity index (χ4v) is 8.12. The molecule has 0 aromatic carbocycles. The Kier molecular flexibility index (Phi) is 52.1. The van der Waals surface area contributed by atoms with Crippen molar-refractivity contribution in [3.8, 4) is 0 Å². The van der Waals surface area contributed by atoms with Gasteiger partial charge >= 0.3 is 18.9 Å². The number of carbonyl (C=O) groups excluding carboxylic acids is 1. The number of rotatable bonds is 47. The first kappa shape index (κ1) is 55.1. The Bertz CT molecular complexity index is 612. The summed E-state index contributed by atoms with van der Waals surface area (Å²) in [4.78, 5) is 13.5. The number of carboxylic acids is 1. The van der Waals surface area contributed by atoms with E-state index in [1.54, 1.807) is 0 Å². The van der Waals surface area contributed by atoms with Gasteiger partial charge in [-0.05, 0) is 32.4 Å². The van der Waals surface area contributed by atoms with Crippen LogP contribution in [0.25, 0.3) is 0 Å². The van der Waals surface area contributed by atoms with E-state index >= 15 is 0 Å². The molecular weight excluding hydrogens is 641 g/mol. The Morgan fingerprint density at radius 1 is 0.302 bits per heavy atom. The average Bonchev–Trinajstić information content (AvgIpc) is 3.14. The number of carboxylic acid groups (broad SMARTS) is 1. The third-order valence-electron chi connectivity index (χ3n) is 11.8. The molecule has 0 unspecified atom stereocenters. The van der Waals surface area contributed by atoms with Crippen molar-refractivity contribution < 1.29 is 28.8 Å². The minimum Gasteiger partial charge on any atom is -0.550 e. The van der Waals surface area contributed by atoms with Crippen molar-refractivity contribution in [2.75, 3.05) is 19.6 Å². The minimum absolute atomic E-state index is 0. The summed E-state index contributed by atoms with van der Waals surface area (Å²) in [6.45, 7) is 7.39. The van der Waals surface area contributed by atoms with E-state index in [0.29, 0.717) is 6.54 Å². The van der Waals surface area contributed by atoms with Gasteiger partial charge in [0.1, 0.15) is 0 Å². The Labute approximate surface area is 347 Å². The molecule has 0 aliphatic carbocycles. The van der Waals surface area contributed by atoms with Gasteiger partial charge in [-0.3, -0.25) is 0 Å². The Morgan fingerprint density at radius 3 is 0.642 bits per heavy atom. The minimum atomic E-state index is -0.900. The molecule has 0 aromatic rings. The van der Waals surface area contributed by atoms with Crippen LogP contribution >= 0.6 is 0 Å². The quantitative estimate of drug-likeness (QED) is 0.0461. The fraction of sp³-hybridized carbons (Fsp3) is 0.980. The second-order valence-corrected chi connectivity index (χ2v) is 17.1. The molecule has 312 valence electrons. The Balaban J connectivity index is 0. The van der Waals surface area contributed by atoms with Crippen LogP contribution in [0, 0.1) is 0 Å². The van der Waals surface area contributed by atoms with E-state index < -0.39 is 5.97 Å². The van der Waals surface area contributed by atoms with E-state index in [1.165, 1.54) is 270 Å². The van der Waals surface area contributed by atoms with Crippen LogP contribution < -0.4 is 24.0 Å². The van der Waals surface area contributed by atoms with E-state index in [4.69, 9.17) is 0 Å². The van der Waals surface area contributed by atoms with Crippen LogP contribution in [0.1, 0.15) is 290 Å². The maximum atomic E-state index is 11.1. The molecule has 0 rings (SSSR count). The predicted molar refractivity (Wildman–Crippen MR) is 231 cm³/mol. The van der Waals surface area contributed by atoms with E-state index in [1.807, 2.05) is 0 Å². The van der Waals surface area contributed by atoms with Crippen LogP contribution in [0.4, 0.5) is 0 Å². The monoisotopic (exact) mass is 740 g/mol. The standard InChI is InChI=1S/C49H99NO2.Li/c1-3-5-7-9-11-13-15-17-19-21-23-25-27-29-31-33-35-37-39-41-43-46-50(48-45-49(51)52)47-44-42-40-38-36-34-32-30-28-26-24-22-20-18-16-14-12-10-8-6-4-2;/h3-48H2,1-2H3,(H,51,52);/q;+1/p-1. The zero-order valence-electron chi connectivity index (χ0n) is 37.3. The molecule has 0 atom stereocenters. The molecule has 0 spiro atoms. The van der Waals surface area contributed by atoms with Gasteiger partial charge in [0.05, 0.1) is 0 Å². The van der Waals surface area contributed by atoms with Gasteiger partial charge in [0.2, 0.25) is 0 Å². The van der Waals surface area contributed by atoms with E-state index in [9.17, 15) is 9.90 Å². The van der Waals surface area contributed by atoms with Gasteiger partial charge < -0.3 is 14.8 Å². The van der Waals surface area contributed by atoms with Crippen LogP contribution in [0.5, 0.6) is 0 Å². The smallest absolute Gasteiger partial charge is 0.550 e. The molecule has 0 bridgehead atoms. The molecular formula is C49H98LiNO2. The Hall–Kier alpha value is 0.0274. The van der Waals surface area contributed by atoms with Crippen molar-refractivity contribution in [2.45, 2.75) is 290 Å². The number of unbranched alkanes of at least 4 members (excludes halogenated alkanes) is 40. The first-order chi connectivity index (χ1) is 25.7. The second-order valence-electron chi connectivity index (χ2n) is 17.1. The van der Waals surface area contributed by atoms with Crippen molar-refractivity contribution in [2.24, 2.45) is 0 Å². The summed E-state index contributed by atoms with van der Waals surface area (Å²) in [5.74, 6) is -0.900. The molecule has 3 nitrogen and oxygen atoms in total. The number of hydrogen-bond donors (Lipinski definition) is 0. The molecule has 0 N–H and O–H groups in total. The van der Waals surface area contributed by atoms with Crippen molar-refractivity contribution in [3.63, 3.8) is 0 Å². The molecule has 0 heterocycles. The molecule has 0 radical (unpaired) electrons. The SMILES string of the molecule is CCCCCCCCCCCCCCCCCCCCCCCN(CCCCCCCCCCCCCCCCCCCCCCC)CCC(=O)[O-].[Li+]. The first-order valence-corrected chi connectivity index (χ1v) is 24.6. The molecule has 0 amide bonds. The molecule has 0 aliphatic rings. The van der Waals surface area contributed by atoms with Crippen LogP contribution in [-0.2, 0) is 4.79 Å². The van der Waals surface area contributed by atoms with E-state index in [2.05, 4.69) is 18.7 Å². The zero-order valence-corrected chi connectivity index (χ0v) is 37.3. The zero-order chi connectivity index (χ0) is 37.7. The third kappa shape index (κ3) is 50.0. The molecule has 0 fully saturated rings.